The van der Waals surface area contributed by atoms with Gasteiger partial charge in [0.25, 0.3) is 0 Å². The number of rotatable bonds is 5. The van der Waals surface area contributed by atoms with Crippen molar-refractivity contribution in [3.8, 4) is 5.75 Å². The van der Waals surface area contributed by atoms with E-state index in [2.05, 4.69) is 15.0 Å². The lowest BCUT2D eigenvalue weighted by molar-refractivity contribution is -0.138. The first kappa shape index (κ1) is 18.3. The van der Waals surface area contributed by atoms with E-state index in [4.69, 9.17) is 16.3 Å². The summed E-state index contributed by atoms with van der Waals surface area (Å²) in [5.74, 6) is -0.553. The summed E-state index contributed by atoms with van der Waals surface area (Å²) >= 11 is 6.70. The highest BCUT2D eigenvalue weighted by molar-refractivity contribution is 7.18. The summed E-state index contributed by atoms with van der Waals surface area (Å²) < 4.78 is 48.8. The highest BCUT2D eigenvalue weighted by Crippen LogP contribution is 2.35. The SMILES string of the molecule is COC(=O)c1sc(NCc2ccc(OC)cc2C(F)(F)F)nc1Cl. The van der Waals surface area contributed by atoms with Crippen LogP contribution in [0.15, 0.2) is 18.2 Å². The van der Waals surface area contributed by atoms with Crippen molar-refractivity contribution in [1.29, 1.82) is 0 Å². The van der Waals surface area contributed by atoms with Crippen molar-refractivity contribution < 1.29 is 27.4 Å². The van der Waals surface area contributed by atoms with Gasteiger partial charge in [0.1, 0.15) is 5.75 Å². The van der Waals surface area contributed by atoms with Crippen molar-refractivity contribution in [2.24, 2.45) is 0 Å². The molecule has 0 radical (unpaired) electrons. The number of hydrogen-bond donors (Lipinski definition) is 1. The fourth-order valence-corrected chi connectivity index (χ4v) is 2.97. The number of anilines is 1. The minimum atomic E-state index is -4.52. The average molecular weight is 381 g/mol. The number of carbonyl (C=O) groups is 1. The van der Waals surface area contributed by atoms with Crippen LogP contribution < -0.4 is 10.1 Å². The Balaban J connectivity index is 2.22. The number of methoxy groups -OCH3 is 2. The van der Waals surface area contributed by atoms with E-state index in [0.29, 0.717) is 0 Å². The van der Waals surface area contributed by atoms with Crippen LogP contribution in [-0.2, 0) is 17.5 Å². The van der Waals surface area contributed by atoms with Crippen molar-refractivity contribution in [3.05, 3.63) is 39.4 Å². The fourth-order valence-electron chi connectivity index (χ4n) is 1.87. The molecule has 0 spiro atoms. The number of ether oxygens (including phenoxy) is 2. The van der Waals surface area contributed by atoms with Gasteiger partial charge in [-0.05, 0) is 17.7 Å². The summed E-state index contributed by atoms with van der Waals surface area (Å²) in [6.07, 6.45) is -4.52. The van der Waals surface area contributed by atoms with Crippen LogP contribution in [-0.4, -0.2) is 25.2 Å². The van der Waals surface area contributed by atoms with Gasteiger partial charge in [0.2, 0.25) is 0 Å². The van der Waals surface area contributed by atoms with Crippen molar-refractivity contribution >= 4 is 34.0 Å². The summed E-state index contributed by atoms with van der Waals surface area (Å²) in [5, 5.41) is 2.87. The van der Waals surface area contributed by atoms with Gasteiger partial charge < -0.3 is 14.8 Å². The number of aromatic nitrogens is 1. The molecule has 0 amide bonds. The molecule has 130 valence electrons. The molecule has 2 aromatic rings. The van der Waals surface area contributed by atoms with Gasteiger partial charge in [-0.25, -0.2) is 9.78 Å². The summed E-state index contributed by atoms with van der Waals surface area (Å²) in [4.78, 5) is 15.4. The van der Waals surface area contributed by atoms with E-state index in [0.717, 1.165) is 17.4 Å². The zero-order valence-corrected chi connectivity index (χ0v) is 14.1. The molecule has 1 aromatic heterocycles. The number of thiazole rings is 1. The number of esters is 1. The molecule has 0 saturated carbocycles. The fraction of sp³-hybridized carbons (Fsp3) is 0.286. The highest BCUT2D eigenvalue weighted by atomic mass is 35.5. The van der Waals surface area contributed by atoms with E-state index < -0.39 is 17.7 Å². The molecule has 2 rings (SSSR count). The lowest BCUT2D eigenvalue weighted by atomic mass is 10.1. The van der Waals surface area contributed by atoms with Gasteiger partial charge in [0, 0.05) is 6.54 Å². The van der Waals surface area contributed by atoms with Gasteiger partial charge in [-0.15, -0.1) is 0 Å². The molecule has 0 unspecified atom stereocenters. The van der Waals surface area contributed by atoms with Crippen molar-refractivity contribution in [2.45, 2.75) is 12.7 Å². The van der Waals surface area contributed by atoms with Crippen molar-refractivity contribution in [2.75, 3.05) is 19.5 Å². The third-order valence-electron chi connectivity index (χ3n) is 3.01. The Morgan fingerprint density at radius 2 is 2.08 bits per heavy atom. The maximum absolute atomic E-state index is 13.1. The van der Waals surface area contributed by atoms with Crippen LogP contribution in [0.3, 0.4) is 0 Å². The molecule has 24 heavy (non-hydrogen) atoms. The first-order chi connectivity index (χ1) is 11.3. The van der Waals surface area contributed by atoms with Gasteiger partial charge in [-0.1, -0.05) is 29.0 Å². The molecular weight excluding hydrogens is 369 g/mol. The average Bonchev–Trinajstić information content (AvgIpc) is 2.92. The van der Waals surface area contributed by atoms with Gasteiger partial charge in [-0.2, -0.15) is 13.2 Å². The minimum absolute atomic E-state index is 0.00856. The zero-order chi connectivity index (χ0) is 17.9. The van der Waals surface area contributed by atoms with Crippen LogP contribution in [0, 0.1) is 0 Å². The number of nitrogens with one attached hydrogen (secondary N) is 1. The largest absolute Gasteiger partial charge is 0.497 e. The molecule has 5 nitrogen and oxygen atoms in total. The highest BCUT2D eigenvalue weighted by Gasteiger charge is 2.33. The van der Waals surface area contributed by atoms with Crippen LogP contribution in [0.25, 0.3) is 0 Å². The van der Waals surface area contributed by atoms with Crippen LogP contribution in [0.4, 0.5) is 18.3 Å². The molecule has 1 aromatic carbocycles. The van der Waals surface area contributed by atoms with Gasteiger partial charge >= 0.3 is 12.1 Å². The standard InChI is InChI=1S/C14H12ClF3N2O3S/c1-22-8-4-3-7(9(5-8)14(16,17)18)6-19-13-20-11(15)10(24-13)12(21)23-2/h3-5H,6H2,1-2H3,(H,19,20). The summed E-state index contributed by atoms with van der Waals surface area (Å²) in [6, 6.07) is 3.66. The Hall–Kier alpha value is -2.00. The first-order valence-electron chi connectivity index (χ1n) is 6.49. The van der Waals surface area contributed by atoms with Crippen LogP contribution in [0.2, 0.25) is 5.15 Å². The molecule has 0 aliphatic carbocycles. The van der Waals surface area contributed by atoms with Crippen molar-refractivity contribution in [1.82, 2.24) is 4.98 Å². The number of benzene rings is 1. The minimum Gasteiger partial charge on any atom is -0.497 e. The molecular formula is C14H12ClF3N2O3S. The predicted molar refractivity (Wildman–Crippen MR) is 83.8 cm³/mol. The third-order valence-corrected chi connectivity index (χ3v) is 4.39. The number of nitrogens with zero attached hydrogens (tertiary/aromatic N) is 1. The normalized spacial score (nSPS) is 11.2. The maximum Gasteiger partial charge on any atom is 0.416 e. The predicted octanol–water partition coefficient (Wildman–Crippen LogP) is 4.22. The van der Waals surface area contributed by atoms with Crippen LogP contribution in [0.1, 0.15) is 20.8 Å². The van der Waals surface area contributed by atoms with Gasteiger partial charge in [-0.3, -0.25) is 0 Å². The van der Waals surface area contributed by atoms with Crippen LogP contribution in [0.5, 0.6) is 5.75 Å². The Labute approximate surface area is 144 Å². The molecule has 10 heteroatoms. The molecule has 0 atom stereocenters. The number of alkyl halides is 3. The number of halogens is 4. The Morgan fingerprint density at radius 1 is 1.38 bits per heavy atom. The lowest BCUT2D eigenvalue weighted by Gasteiger charge is -2.14. The van der Waals surface area contributed by atoms with E-state index in [-0.39, 0.29) is 33.0 Å². The van der Waals surface area contributed by atoms with E-state index >= 15 is 0 Å². The molecule has 0 saturated heterocycles. The topological polar surface area (TPSA) is 60.5 Å². The van der Waals surface area contributed by atoms with Crippen LogP contribution >= 0.6 is 22.9 Å². The van der Waals surface area contributed by atoms with E-state index in [9.17, 15) is 18.0 Å². The monoisotopic (exact) mass is 380 g/mol. The smallest absolute Gasteiger partial charge is 0.416 e. The molecule has 0 fully saturated rings. The molecule has 1 heterocycles. The van der Waals surface area contributed by atoms with Crippen molar-refractivity contribution in [3.63, 3.8) is 0 Å². The number of hydrogen-bond acceptors (Lipinski definition) is 6. The summed E-state index contributed by atoms with van der Waals surface area (Å²) in [6.45, 7) is -0.150. The molecule has 0 aliphatic heterocycles. The zero-order valence-electron chi connectivity index (χ0n) is 12.5. The third kappa shape index (κ3) is 4.09. The van der Waals surface area contributed by atoms with Gasteiger partial charge in [0.15, 0.2) is 15.2 Å². The molecule has 0 aliphatic rings. The Kier molecular flexibility index (Phi) is 5.55. The summed E-state index contributed by atoms with van der Waals surface area (Å²) in [5.41, 5.74) is -0.806. The summed E-state index contributed by atoms with van der Waals surface area (Å²) in [7, 11) is 2.48. The second kappa shape index (κ2) is 7.27. The Bertz CT molecular complexity index is 749. The second-order valence-corrected chi connectivity index (χ2v) is 5.86. The van der Waals surface area contributed by atoms with E-state index in [1.807, 2.05) is 0 Å². The molecule has 0 bridgehead atoms. The van der Waals surface area contributed by atoms with E-state index in [1.54, 1.807) is 0 Å². The maximum atomic E-state index is 13.1. The molecule has 1 N–H and O–H groups in total. The second-order valence-electron chi connectivity index (χ2n) is 4.50. The first-order valence-corrected chi connectivity index (χ1v) is 7.68. The van der Waals surface area contributed by atoms with Gasteiger partial charge in [0.05, 0.1) is 19.8 Å². The Morgan fingerprint density at radius 3 is 2.67 bits per heavy atom. The lowest BCUT2D eigenvalue weighted by Crippen LogP contribution is -2.12. The quantitative estimate of drug-likeness (QED) is 0.787. The number of carbonyl (C=O) groups excluding carboxylic acids is 1. The van der Waals surface area contributed by atoms with E-state index in [1.165, 1.54) is 26.4 Å².